The first-order chi connectivity index (χ1) is 10.1. The molecule has 1 aromatic heterocycles. The topological polar surface area (TPSA) is 61.0 Å². The van der Waals surface area contributed by atoms with Gasteiger partial charge in [0.05, 0.1) is 22.5 Å². The molecule has 0 aliphatic heterocycles. The van der Waals surface area contributed by atoms with Gasteiger partial charge in [0, 0.05) is 17.2 Å². The van der Waals surface area contributed by atoms with E-state index in [4.69, 9.17) is 11.6 Å². The fourth-order valence-corrected chi connectivity index (χ4v) is 2.54. The van der Waals surface area contributed by atoms with E-state index in [2.05, 4.69) is 4.98 Å². The van der Waals surface area contributed by atoms with Crippen molar-refractivity contribution in [2.24, 2.45) is 0 Å². The molecular weight excluding hydrogens is 290 g/mol. The Morgan fingerprint density at radius 2 is 2.05 bits per heavy atom. The number of hydrogen-bond acceptors (Lipinski definition) is 3. The normalized spacial score (nSPS) is 11.0. The Hall–Kier alpha value is -2.40. The van der Waals surface area contributed by atoms with Gasteiger partial charge in [0.25, 0.3) is 5.69 Å². The minimum atomic E-state index is -0.418. The summed E-state index contributed by atoms with van der Waals surface area (Å²) in [5.74, 6) is 0.846. The predicted molar refractivity (Wildman–Crippen MR) is 81.7 cm³/mol. The highest BCUT2D eigenvalue weighted by Gasteiger charge is 2.13. The summed E-state index contributed by atoms with van der Waals surface area (Å²) in [6.45, 7) is 2.36. The summed E-state index contributed by atoms with van der Waals surface area (Å²) < 4.78 is 2.00. The van der Waals surface area contributed by atoms with Crippen LogP contribution in [-0.2, 0) is 6.54 Å². The molecule has 0 spiro atoms. The van der Waals surface area contributed by atoms with Crippen molar-refractivity contribution in [3.63, 3.8) is 0 Å². The van der Waals surface area contributed by atoms with Gasteiger partial charge in [-0.25, -0.2) is 4.98 Å². The van der Waals surface area contributed by atoms with Gasteiger partial charge in [-0.1, -0.05) is 23.7 Å². The number of halogens is 1. The van der Waals surface area contributed by atoms with Gasteiger partial charge in [-0.05, 0) is 30.7 Å². The zero-order chi connectivity index (χ0) is 15.0. The molecule has 0 aliphatic rings. The van der Waals surface area contributed by atoms with E-state index in [1.165, 1.54) is 12.1 Å². The number of rotatable bonds is 3. The van der Waals surface area contributed by atoms with Crippen molar-refractivity contribution in [1.82, 2.24) is 9.55 Å². The molecule has 0 aliphatic carbocycles. The zero-order valence-electron chi connectivity index (χ0n) is 11.3. The molecule has 6 heteroatoms. The largest absolute Gasteiger partial charge is 0.324 e. The maximum atomic E-state index is 10.9. The van der Waals surface area contributed by atoms with Crippen LogP contribution in [0.15, 0.2) is 42.5 Å². The Bertz CT molecular complexity index is 842. The fourth-order valence-electron chi connectivity index (χ4n) is 2.36. The smallest absolute Gasteiger partial charge is 0.269 e. The fraction of sp³-hybridized carbons (Fsp3) is 0.133. The van der Waals surface area contributed by atoms with Crippen LogP contribution in [0.4, 0.5) is 5.69 Å². The van der Waals surface area contributed by atoms with E-state index < -0.39 is 4.92 Å². The van der Waals surface area contributed by atoms with Crippen molar-refractivity contribution in [2.45, 2.75) is 13.5 Å². The molecule has 0 saturated carbocycles. The second-order valence-corrected chi connectivity index (χ2v) is 5.17. The van der Waals surface area contributed by atoms with Crippen molar-refractivity contribution in [2.75, 3.05) is 0 Å². The first-order valence-corrected chi connectivity index (χ1v) is 6.79. The predicted octanol–water partition coefficient (Wildman–Crippen LogP) is 3.95. The second kappa shape index (κ2) is 5.18. The van der Waals surface area contributed by atoms with Crippen LogP contribution in [0.1, 0.15) is 11.4 Å². The van der Waals surface area contributed by atoms with Crippen LogP contribution in [0.25, 0.3) is 11.0 Å². The lowest BCUT2D eigenvalue weighted by Crippen LogP contribution is -2.03. The minimum absolute atomic E-state index is 0.0384. The number of nitro groups is 1. The van der Waals surface area contributed by atoms with Crippen molar-refractivity contribution in [1.29, 1.82) is 0 Å². The van der Waals surface area contributed by atoms with Crippen LogP contribution >= 0.6 is 11.6 Å². The molecule has 106 valence electrons. The van der Waals surface area contributed by atoms with Gasteiger partial charge in [-0.3, -0.25) is 10.1 Å². The summed E-state index contributed by atoms with van der Waals surface area (Å²) in [6.07, 6.45) is 0. The van der Waals surface area contributed by atoms with Gasteiger partial charge in [-0.15, -0.1) is 0 Å². The highest BCUT2D eigenvalue weighted by atomic mass is 35.5. The molecule has 0 bridgehead atoms. The van der Waals surface area contributed by atoms with E-state index in [0.29, 0.717) is 17.1 Å². The average molecular weight is 302 g/mol. The first-order valence-electron chi connectivity index (χ1n) is 6.41. The van der Waals surface area contributed by atoms with Gasteiger partial charge >= 0.3 is 0 Å². The van der Waals surface area contributed by atoms with Crippen LogP contribution in [0, 0.1) is 17.0 Å². The van der Waals surface area contributed by atoms with Gasteiger partial charge in [0.1, 0.15) is 5.82 Å². The highest BCUT2D eigenvalue weighted by molar-refractivity contribution is 6.31. The monoisotopic (exact) mass is 301 g/mol. The zero-order valence-corrected chi connectivity index (χ0v) is 12.0. The molecule has 0 unspecified atom stereocenters. The van der Waals surface area contributed by atoms with Crippen LogP contribution in [-0.4, -0.2) is 14.5 Å². The summed E-state index contributed by atoms with van der Waals surface area (Å²) in [5, 5.41) is 11.4. The summed E-state index contributed by atoms with van der Waals surface area (Å²) in [4.78, 5) is 15.0. The number of hydrogen-bond donors (Lipinski definition) is 0. The molecule has 0 N–H and O–H groups in total. The number of imidazole rings is 1. The second-order valence-electron chi connectivity index (χ2n) is 4.77. The molecule has 1 heterocycles. The third-order valence-corrected chi connectivity index (χ3v) is 3.78. The van der Waals surface area contributed by atoms with E-state index >= 15 is 0 Å². The third-order valence-electron chi connectivity index (χ3n) is 3.41. The number of non-ortho nitro benzene ring substituents is 1. The Kier molecular flexibility index (Phi) is 3.35. The van der Waals surface area contributed by atoms with Crippen molar-refractivity contribution in [3.8, 4) is 0 Å². The van der Waals surface area contributed by atoms with Crippen molar-refractivity contribution in [3.05, 3.63) is 69.0 Å². The van der Waals surface area contributed by atoms with Gasteiger partial charge in [0.2, 0.25) is 0 Å². The van der Waals surface area contributed by atoms with Crippen LogP contribution in [0.3, 0.4) is 0 Å². The standard InChI is InChI=1S/C15H12ClN3O2/c1-10-17-14-4-2-3-5-15(14)18(10)9-11-8-12(19(20)21)6-7-13(11)16/h2-8H,9H2,1H3. The van der Waals surface area contributed by atoms with Gasteiger partial charge < -0.3 is 4.57 Å². The SMILES string of the molecule is Cc1nc2ccccc2n1Cc1cc([N+](=O)[O-])ccc1Cl. The molecule has 21 heavy (non-hydrogen) atoms. The van der Waals surface area contributed by atoms with Crippen molar-refractivity contribution < 1.29 is 4.92 Å². The Morgan fingerprint density at radius 1 is 1.29 bits per heavy atom. The highest BCUT2D eigenvalue weighted by Crippen LogP contribution is 2.25. The quantitative estimate of drug-likeness (QED) is 0.543. The number of nitro benzene ring substituents is 1. The lowest BCUT2D eigenvalue weighted by molar-refractivity contribution is -0.384. The van der Waals surface area contributed by atoms with Crippen LogP contribution in [0.2, 0.25) is 5.02 Å². The maximum Gasteiger partial charge on any atom is 0.269 e. The molecule has 0 radical (unpaired) electrons. The molecule has 0 saturated heterocycles. The van der Waals surface area contributed by atoms with Crippen molar-refractivity contribution >= 4 is 28.3 Å². The lowest BCUT2D eigenvalue weighted by atomic mass is 10.2. The average Bonchev–Trinajstić information content (AvgIpc) is 2.77. The Morgan fingerprint density at radius 3 is 2.81 bits per heavy atom. The number of aryl methyl sites for hydroxylation is 1. The minimum Gasteiger partial charge on any atom is -0.324 e. The van der Waals surface area contributed by atoms with Crippen LogP contribution < -0.4 is 0 Å². The third kappa shape index (κ3) is 2.48. The number of aromatic nitrogens is 2. The molecule has 0 fully saturated rings. The van der Waals surface area contributed by atoms with Gasteiger partial charge in [0.15, 0.2) is 0 Å². The summed E-state index contributed by atoms with van der Waals surface area (Å²) in [6, 6.07) is 12.3. The van der Waals surface area contributed by atoms with Crippen LogP contribution in [0.5, 0.6) is 0 Å². The van der Waals surface area contributed by atoms with E-state index in [-0.39, 0.29) is 5.69 Å². The summed E-state index contributed by atoms with van der Waals surface area (Å²) >= 11 is 6.16. The Labute approximate surface area is 125 Å². The molecule has 0 amide bonds. The van der Waals surface area contributed by atoms with E-state index in [9.17, 15) is 10.1 Å². The molecule has 0 atom stereocenters. The Balaban J connectivity index is 2.08. The van der Waals surface area contributed by atoms with E-state index in [1.807, 2.05) is 35.8 Å². The molecular formula is C15H12ClN3O2. The molecule has 2 aromatic carbocycles. The number of para-hydroxylation sites is 2. The number of fused-ring (bicyclic) bond motifs is 1. The molecule has 5 nitrogen and oxygen atoms in total. The molecule has 3 aromatic rings. The van der Waals surface area contributed by atoms with E-state index in [0.717, 1.165) is 16.9 Å². The maximum absolute atomic E-state index is 10.9. The molecule has 3 rings (SSSR count). The summed E-state index contributed by atoms with van der Waals surface area (Å²) in [7, 11) is 0. The number of benzene rings is 2. The lowest BCUT2D eigenvalue weighted by Gasteiger charge is -2.08. The number of nitrogens with zero attached hydrogens (tertiary/aromatic N) is 3. The van der Waals surface area contributed by atoms with Gasteiger partial charge in [-0.2, -0.15) is 0 Å². The van der Waals surface area contributed by atoms with E-state index in [1.54, 1.807) is 6.07 Å². The first kappa shape index (κ1) is 13.6. The summed E-state index contributed by atoms with van der Waals surface area (Å²) in [5.41, 5.74) is 2.63.